The van der Waals surface area contributed by atoms with Gasteiger partial charge in [-0.3, -0.25) is 9.59 Å². The fraction of sp³-hybridized carbons (Fsp3) is 0.625. The van der Waals surface area contributed by atoms with Crippen LogP contribution in [0.3, 0.4) is 0 Å². The number of hydrogen-bond donors (Lipinski definition) is 2. The zero-order chi connectivity index (χ0) is 11.1. The van der Waals surface area contributed by atoms with Crippen LogP contribution in [0.1, 0.15) is 20.3 Å². The summed E-state index contributed by atoms with van der Waals surface area (Å²) in [6, 6.07) is -0.468. The zero-order valence-corrected chi connectivity index (χ0v) is 8.20. The van der Waals surface area contributed by atoms with Gasteiger partial charge in [0.25, 0.3) is 0 Å². The van der Waals surface area contributed by atoms with Crippen LogP contribution >= 0.6 is 0 Å². The molecule has 1 atom stereocenters. The molecule has 6 nitrogen and oxygen atoms in total. The van der Waals surface area contributed by atoms with Crippen molar-refractivity contribution in [2.45, 2.75) is 26.3 Å². The number of amides is 2. The zero-order valence-electron chi connectivity index (χ0n) is 8.20. The van der Waals surface area contributed by atoms with Crippen molar-refractivity contribution >= 4 is 17.8 Å². The Bertz CT molecular complexity index is 239. The molecule has 0 aromatic heterocycles. The van der Waals surface area contributed by atoms with Gasteiger partial charge in [-0.15, -0.1) is 0 Å². The third kappa shape index (κ3) is 5.13. The van der Waals surface area contributed by atoms with Crippen LogP contribution < -0.4 is 11.1 Å². The smallest absolute Gasteiger partial charge is 0.396 e. The SMILES string of the molecule is CCOC(=O)C(=O)NC(C)CC(N)=O. The summed E-state index contributed by atoms with van der Waals surface area (Å²) < 4.78 is 4.44. The molecular weight excluding hydrogens is 188 g/mol. The Morgan fingerprint density at radius 1 is 1.43 bits per heavy atom. The lowest BCUT2D eigenvalue weighted by atomic mass is 10.2. The predicted octanol–water partition coefficient (Wildman–Crippen LogP) is -1.07. The maximum atomic E-state index is 11.0. The Labute approximate surface area is 81.8 Å². The van der Waals surface area contributed by atoms with E-state index in [2.05, 4.69) is 10.1 Å². The number of nitrogens with two attached hydrogens (primary N) is 1. The highest BCUT2D eigenvalue weighted by atomic mass is 16.5. The topological polar surface area (TPSA) is 98.5 Å². The van der Waals surface area contributed by atoms with Crippen molar-refractivity contribution in [1.82, 2.24) is 5.32 Å². The summed E-state index contributed by atoms with van der Waals surface area (Å²) in [6.45, 7) is 3.30. The molecule has 0 fully saturated rings. The van der Waals surface area contributed by atoms with Crippen LogP contribution in [0, 0.1) is 0 Å². The molecular formula is C8H14N2O4. The number of esters is 1. The lowest BCUT2D eigenvalue weighted by molar-refractivity contribution is -0.154. The van der Waals surface area contributed by atoms with E-state index >= 15 is 0 Å². The summed E-state index contributed by atoms with van der Waals surface area (Å²) in [4.78, 5) is 32.2. The average Bonchev–Trinajstić information content (AvgIpc) is 2.02. The van der Waals surface area contributed by atoms with Crippen LogP contribution in [0.4, 0.5) is 0 Å². The van der Waals surface area contributed by atoms with Crippen LogP contribution in [0.25, 0.3) is 0 Å². The normalized spacial score (nSPS) is 11.6. The maximum Gasteiger partial charge on any atom is 0.396 e. The highest BCUT2D eigenvalue weighted by Gasteiger charge is 2.17. The average molecular weight is 202 g/mol. The fourth-order valence-corrected chi connectivity index (χ4v) is 0.832. The van der Waals surface area contributed by atoms with Gasteiger partial charge in [-0.1, -0.05) is 0 Å². The first kappa shape index (κ1) is 12.4. The van der Waals surface area contributed by atoms with Gasteiger partial charge in [0.1, 0.15) is 0 Å². The molecule has 0 heterocycles. The van der Waals surface area contributed by atoms with Crippen molar-refractivity contribution < 1.29 is 19.1 Å². The lowest BCUT2D eigenvalue weighted by Crippen LogP contribution is -2.40. The maximum absolute atomic E-state index is 11.0. The van der Waals surface area contributed by atoms with Gasteiger partial charge < -0.3 is 15.8 Å². The first-order valence-corrected chi connectivity index (χ1v) is 4.23. The molecule has 0 aromatic rings. The summed E-state index contributed by atoms with van der Waals surface area (Å²) in [5, 5.41) is 2.28. The molecule has 0 radical (unpaired) electrons. The molecule has 0 saturated heterocycles. The molecule has 0 aliphatic carbocycles. The quantitative estimate of drug-likeness (QED) is 0.448. The monoisotopic (exact) mass is 202 g/mol. The minimum Gasteiger partial charge on any atom is -0.459 e. The summed E-state index contributed by atoms with van der Waals surface area (Å²) in [5.41, 5.74) is 4.90. The first-order chi connectivity index (χ1) is 6.47. The van der Waals surface area contributed by atoms with Crippen LogP contribution in [-0.2, 0) is 19.1 Å². The Morgan fingerprint density at radius 2 is 2.00 bits per heavy atom. The standard InChI is InChI=1S/C8H14N2O4/c1-3-14-8(13)7(12)10-5(2)4-6(9)11/h5H,3-4H2,1-2H3,(H2,9,11)(H,10,12). The van der Waals surface area contributed by atoms with Crippen molar-refractivity contribution in [3.05, 3.63) is 0 Å². The highest BCUT2D eigenvalue weighted by molar-refractivity contribution is 6.32. The Kier molecular flexibility index (Phi) is 5.28. The van der Waals surface area contributed by atoms with Gasteiger partial charge in [0.05, 0.1) is 6.61 Å². The summed E-state index contributed by atoms with van der Waals surface area (Å²) in [5.74, 6) is -2.36. The molecule has 0 aliphatic rings. The minimum atomic E-state index is -0.955. The Balaban J connectivity index is 3.93. The van der Waals surface area contributed by atoms with Gasteiger partial charge in [-0.05, 0) is 13.8 Å². The molecule has 80 valence electrons. The van der Waals surface area contributed by atoms with Gasteiger partial charge >= 0.3 is 11.9 Å². The van der Waals surface area contributed by atoms with Gasteiger partial charge in [-0.25, -0.2) is 4.79 Å². The molecule has 0 aliphatic heterocycles. The van der Waals surface area contributed by atoms with Gasteiger partial charge in [0.15, 0.2) is 0 Å². The van der Waals surface area contributed by atoms with E-state index in [1.54, 1.807) is 13.8 Å². The number of rotatable bonds is 4. The van der Waals surface area contributed by atoms with Crippen molar-refractivity contribution in [2.24, 2.45) is 5.73 Å². The van der Waals surface area contributed by atoms with Crippen molar-refractivity contribution in [2.75, 3.05) is 6.61 Å². The second-order valence-corrected chi connectivity index (χ2v) is 2.77. The summed E-state index contributed by atoms with van der Waals surface area (Å²) in [7, 11) is 0. The molecule has 0 aromatic carbocycles. The number of primary amides is 1. The van der Waals surface area contributed by atoms with E-state index in [1.165, 1.54) is 0 Å². The van der Waals surface area contributed by atoms with Gasteiger partial charge in [0.2, 0.25) is 5.91 Å². The van der Waals surface area contributed by atoms with Crippen LogP contribution in [0.2, 0.25) is 0 Å². The third-order valence-electron chi connectivity index (χ3n) is 1.35. The van der Waals surface area contributed by atoms with E-state index in [9.17, 15) is 14.4 Å². The van der Waals surface area contributed by atoms with E-state index in [0.717, 1.165) is 0 Å². The molecule has 2 amide bonds. The largest absolute Gasteiger partial charge is 0.459 e. The molecule has 1 unspecified atom stereocenters. The van der Waals surface area contributed by atoms with Crippen LogP contribution in [0.15, 0.2) is 0 Å². The lowest BCUT2D eigenvalue weighted by Gasteiger charge is -2.10. The van der Waals surface area contributed by atoms with Crippen molar-refractivity contribution in [1.29, 1.82) is 0 Å². The van der Waals surface area contributed by atoms with Crippen LogP contribution in [0.5, 0.6) is 0 Å². The Hall–Kier alpha value is -1.59. The van der Waals surface area contributed by atoms with E-state index in [1.807, 2.05) is 0 Å². The number of ether oxygens (including phenoxy) is 1. The van der Waals surface area contributed by atoms with Gasteiger partial charge in [-0.2, -0.15) is 0 Å². The number of nitrogens with one attached hydrogen (secondary N) is 1. The minimum absolute atomic E-state index is 0.00878. The van der Waals surface area contributed by atoms with E-state index in [0.29, 0.717) is 0 Å². The van der Waals surface area contributed by atoms with Crippen molar-refractivity contribution in [3.8, 4) is 0 Å². The molecule has 0 saturated carbocycles. The number of hydrogen-bond acceptors (Lipinski definition) is 4. The number of carbonyl (C=O) groups is 3. The highest BCUT2D eigenvalue weighted by Crippen LogP contribution is 1.89. The van der Waals surface area contributed by atoms with Crippen molar-refractivity contribution in [3.63, 3.8) is 0 Å². The second kappa shape index (κ2) is 5.95. The number of carbonyl (C=O) groups excluding carboxylic acids is 3. The first-order valence-electron chi connectivity index (χ1n) is 4.23. The molecule has 0 spiro atoms. The van der Waals surface area contributed by atoms with E-state index in [4.69, 9.17) is 5.73 Å². The fourth-order valence-electron chi connectivity index (χ4n) is 0.832. The Morgan fingerprint density at radius 3 is 2.43 bits per heavy atom. The molecule has 0 bridgehead atoms. The van der Waals surface area contributed by atoms with Crippen LogP contribution in [-0.4, -0.2) is 30.4 Å². The molecule has 6 heteroatoms. The second-order valence-electron chi connectivity index (χ2n) is 2.77. The molecule has 3 N–H and O–H groups in total. The third-order valence-corrected chi connectivity index (χ3v) is 1.35. The van der Waals surface area contributed by atoms with E-state index in [-0.39, 0.29) is 13.0 Å². The molecule has 14 heavy (non-hydrogen) atoms. The van der Waals surface area contributed by atoms with E-state index < -0.39 is 23.8 Å². The van der Waals surface area contributed by atoms with Gasteiger partial charge in [0, 0.05) is 12.5 Å². The predicted molar refractivity (Wildman–Crippen MR) is 48.0 cm³/mol. The summed E-state index contributed by atoms with van der Waals surface area (Å²) in [6.07, 6.45) is -0.00878. The molecule has 0 rings (SSSR count). The summed E-state index contributed by atoms with van der Waals surface area (Å²) >= 11 is 0.